The molecule has 1 N–H and O–H groups in total. The smallest absolute Gasteiger partial charge is 0.193 e. The van der Waals surface area contributed by atoms with E-state index in [1.165, 1.54) is 0 Å². The number of aromatic nitrogens is 2. The van der Waals surface area contributed by atoms with E-state index in [2.05, 4.69) is 4.98 Å². The Bertz CT molecular complexity index is 702. The zero-order chi connectivity index (χ0) is 14.1. The Morgan fingerprint density at radius 2 is 2.30 bits per heavy atom. The van der Waals surface area contributed by atoms with Gasteiger partial charge in [0.15, 0.2) is 4.96 Å². The number of thiazole rings is 1. The molecule has 0 amide bonds. The number of hydrogen-bond acceptors (Lipinski definition) is 4. The van der Waals surface area contributed by atoms with Gasteiger partial charge in [-0.25, -0.2) is 4.98 Å². The van der Waals surface area contributed by atoms with Gasteiger partial charge >= 0.3 is 0 Å². The molecule has 0 bridgehead atoms. The molecule has 2 aromatic heterocycles. The average Bonchev–Trinajstić information content (AvgIpc) is 2.97. The van der Waals surface area contributed by atoms with Gasteiger partial charge in [-0.3, -0.25) is 4.40 Å². The fourth-order valence-corrected chi connectivity index (χ4v) is 2.81. The van der Waals surface area contributed by atoms with E-state index in [1.807, 2.05) is 47.3 Å². The van der Waals surface area contributed by atoms with Crippen LogP contribution in [0.5, 0.6) is 5.75 Å². The molecule has 4 nitrogen and oxygen atoms in total. The summed E-state index contributed by atoms with van der Waals surface area (Å²) in [6.45, 7) is 4.18. The number of benzene rings is 1. The van der Waals surface area contributed by atoms with Crippen molar-refractivity contribution in [3.63, 3.8) is 0 Å². The van der Waals surface area contributed by atoms with Crippen molar-refractivity contribution in [2.45, 2.75) is 26.6 Å². The average molecular weight is 288 g/mol. The lowest BCUT2D eigenvalue weighted by Gasteiger charge is -2.11. The molecule has 1 unspecified atom stereocenters. The maximum atomic E-state index is 9.55. The van der Waals surface area contributed by atoms with Crippen molar-refractivity contribution in [1.29, 1.82) is 0 Å². The second-order valence-corrected chi connectivity index (χ2v) is 5.69. The summed E-state index contributed by atoms with van der Waals surface area (Å²) in [5.74, 6) is 0.825. The van der Waals surface area contributed by atoms with Gasteiger partial charge in [0.2, 0.25) is 0 Å². The molecule has 1 aromatic carbocycles. The molecule has 0 radical (unpaired) electrons. The first-order valence-electron chi connectivity index (χ1n) is 6.46. The first kappa shape index (κ1) is 13.1. The van der Waals surface area contributed by atoms with E-state index < -0.39 is 6.10 Å². The lowest BCUT2D eigenvalue weighted by molar-refractivity contribution is 0.199. The Balaban J connectivity index is 1.73. The number of aliphatic hydroxyl groups excluding tert-OH is 1. The van der Waals surface area contributed by atoms with E-state index in [1.54, 1.807) is 18.3 Å². The molecule has 20 heavy (non-hydrogen) atoms. The Kier molecular flexibility index (Phi) is 3.46. The second kappa shape index (κ2) is 5.26. The van der Waals surface area contributed by atoms with Crippen molar-refractivity contribution >= 4 is 16.3 Å². The monoisotopic (exact) mass is 288 g/mol. The number of nitrogens with zero attached hydrogens (tertiary/aromatic N) is 2. The first-order valence-corrected chi connectivity index (χ1v) is 7.34. The molecule has 0 fully saturated rings. The van der Waals surface area contributed by atoms with Gasteiger partial charge in [-0.15, -0.1) is 11.3 Å². The minimum absolute atomic E-state index is 0.448. The Morgan fingerprint density at radius 1 is 1.45 bits per heavy atom. The summed E-state index contributed by atoms with van der Waals surface area (Å²) in [4.78, 5) is 5.46. The fourth-order valence-electron chi connectivity index (χ4n) is 2.09. The number of rotatable bonds is 4. The van der Waals surface area contributed by atoms with Gasteiger partial charge in [0, 0.05) is 17.8 Å². The maximum Gasteiger partial charge on any atom is 0.193 e. The van der Waals surface area contributed by atoms with Crippen molar-refractivity contribution in [2.75, 3.05) is 0 Å². The molecule has 1 atom stereocenters. The summed E-state index contributed by atoms with van der Waals surface area (Å²) in [7, 11) is 0. The van der Waals surface area contributed by atoms with Crippen molar-refractivity contribution < 1.29 is 9.84 Å². The molecule has 0 saturated heterocycles. The molecule has 0 aliphatic rings. The molecular formula is C15H16N2O2S. The lowest BCUT2D eigenvalue weighted by Crippen LogP contribution is -1.99. The normalized spacial score (nSPS) is 12.8. The van der Waals surface area contributed by atoms with Crippen LogP contribution in [0.4, 0.5) is 0 Å². The maximum absolute atomic E-state index is 9.55. The predicted octanol–water partition coefficient (Wildman–Crippen LogP) is 3.34. The van der Waals surface area contributed by atoms with E-state index in [0.29, 0.717) is 6.61 Å². The van der Waals surface area contributed by atoms with E-state index in [9.17, 15) is 5.11 Å². The standard InChI is InChI=1S/C15H16N2O2S/c1-10-7-12(11(2)18)3-4-14(10)19-9-13-8-17-5-6-20-15(17)16-13/h3-8,11,18H,9H2,1-2H3. The van der Waals surface area contributed by atoms with Crippen molar-refractivity contribution in [3.8, 4) is 5.75 Å². The third-order valence-corrected chi connectivity index (χ3v) is 3.97. The number of ether oxygens (including phenoxy) is 1. The summed E-state index contributed by atoms with van der Waals surface area (Å²) < 4.78 is 7.80. The quantitative estimate of drug-likeness (QED) is 0.801. The van der Waals surface area contributed by atoms with Gasteiger partial charge < -0.3 is 9.84 Å². The highest BCUT2D eigenvalue weighted by Gasteiger charge is 2.07. The highest BCUT2D eigenvalue weighted by Crippen LogP contribution is 2.23. The van der Waals surface area contributed by atoms with Crippen LogP contribution < -0.4 is 4.74 Å². The third-order valence-electron chi connectivity index (χ3n) is 3.20. The van der Waals surface area contributed by atoms with Crippen LogP contribution in [0, 0.1) is 6.92 Å². The molecule has 0 saturated carbocycles. The largest absolute Gasteiger partial charge is 0.487 e. The molecule has 2 heterocycles. The minimum atomic E-state index is -0.456. The molecule has 3 aromatic rings. The number of imidazole rings is 1. The SMILES string of the molecule is Cc1cc(C(C)O)ccc1OCc1cn2ccsc2n1. The number of fused-ring (bicyclic) bond motifs is 1. The molecule has 0 spiro atoms. The Hall–Kier alpha value is -1.85. The molecule has 0 aliphatic carbocycles. The van der Waals surface area contributed by atoms with Gasteiger partial charge in [0.1, 0.15) is 12.4 Å². The van der Waals surface area contributed by atoms with Crippen LogP contribution in [0.3, 0.4) is 0 Å². The molecule has 5 heteroatoms. The molecule has 0 aliphatic heterocycles. The number of aliphatic hydroxyl groups is 1. The molecular weight excluding hydrogens is 272 g/mol. The van der Waals surface area contributed by atoms with E-state index in [-0.39, 0.29) is 0 Å². The predicted molar refractivity (Wildman–Crippen MR) is 79.2 cm³/mol. The van der Waals surface area contributed by atoms with Crippen molar-refractivity contribution in [3.05, 3.63) is 52.8 Å². The molecule has 3 rings (SSSR count). The summed E-state index contributed by atoms with van der Waals surface area (Å²) in [5, 5.41) is 11.6. The number of hydrogen-bond donors (Lipinski definition) is 1. The molecule has 104 valence electrons. The van der Waals surface area contributed by atoms with Crippen molar-refractivity contribution in [1.82, 2.24) is 9.38 Å². The summed E-state index contributed by atoms with van der Waals surface area (Å²) in [5.41, 5.74) is 2.83. The van der Waals surface area contributed by atoms with Gasteiger partial charge in [-0.2, -0.15) is 0 Å². The highest BCUT2D eigenvalue weighted by atomic mass is 32.1. The highest BCUT2D eigenvalue weighted by molar-refractivity contribution is 7.15. The van der Waals surface area contributed by atoms with Crippen LogP contribution in [-0.2, 0) is 6.61 Å². The Morgan fingerprint density at radius 3 is 3.00 bits per heavy atom. The fraction of sp³-hybridized carbons (Fsp3) is 0.267. The van der Waals surface area contributed by atoms with Gasteiger partial charge in [-0.05, 0) is 37.1 Å². The summed E-state index contributed by atoms with van der Waals surface area (Å²) in [6, 6.07) is 5.74. The van der Waals surface area contributed by atoms with E-state index in [0.717, 1.165) is 27.5 Å². The third kappa shape index (κ3) is 2.55. The minimum Gasteiger partial charge on any atom is -0.487 e. The van der Waals surface area contributed by atoms with Crippen molar-refractivity contribution in [2.24, 2.45) is 0 Å². The van der Waals surface area contributed by atoms with Gasteiger partial charge in [-0.1, -0.05) is 6.07 Å². The summed E-state index contributed by atoms with van der Waals surface area (Å²) >= 11 is 1.61. The zero-order valence-electron chi connectivity index (χ0n) is 11.4. The van der Waals surface area contributed by atoms with E-state index >= 15 is 0 Å². The van der Waals surface area contributed by atoms with Crippen LogP contribution in [0.25, 0.3) is 4.96 Å². The Labute approximate surface area is 121 Å². The second-order valence-electron chi connectivity index (χ2n) is 4.81. The van der Waals surface area contributed by atoms with Gasteiger partial charge in [0.25, 0.3) is 0 Å². The zero-order valence-corrected chi connectivity index (χ0v) is 12.2. The van der Waals surface area contributed by atoms with Crippen LogP contribution in [-0.4, -0.2) is 14.5 Å². The number of aryl methyl sites for hydroxylation is 1. The first-order chi connectivity index (χ1) is 9.63. The van der Waals surface area contributed by atoms with Crippen LogP contribution in [0.2, 0.25) is 0 Å². The topological polar surface area (TPSA) is 46.8 Å². The van der Waals surface area contributed by atoms with Crippen LogP contribution in [0.1, 0.15) is 29.8 Å². The summed E-state index contributed by atoms with van der Waals surface area (Å²) in [6.07, 6.45) is 3.51. The van der Waals surface area contributed by atoms with Crippen LogP contribution >= 0.6 is 11.3 Å². The van der Waals surface area contributed by atoms with Gasteiger partial charge in [0.05, 0.1) is 11.8 Å². The van der Waals surface area contributed by atoms with E-state index in [4.69, 9.17) is 4.74 Å². The lowest BCUT2D eigenvalue weighted by atomic mass is 10.1. The van der Waals surface area contributed by atoms with Crippen LogP contribution in [0.15, 0.2) is 36.0 Å².